The van der Waals surface area contributed by atoms with Crippen molar-refractivity contribution in [3.8, 4) is 5.69 Å². The molecular weight excluding hydrogens is 390 g/mol. The number of aliphatic imine (C=N–C) groups is 1. The molecule has 1 aromatic heterocycles. The van der Waals surface area contributed by atoms with Crippen LogP contribution < -0.4 is 0 Å². The van der Waals surface area contributed by atoms with Crippen molar-refractivity contribution in [3.05, 3.63) is 58.9 Å². The van der Waals surface area contributed by atoms with Gasteiger partial charge in [-0.3, -0.25) is 10.2 Å². The van der Waals surface area contributed by atoms with Crippen molar-refractivity contribution in [2.24, 2.45) is 10.1 Å². The van der Waals surface area contributed by atoms with E-state index in [4.69, 9.17) is 5.41 Å². The summed E-state index contributed by atoms with van der Waals surface area (Å²) >= 11 is 2.92. The van der Waals surface area contributed by atoms with Crippen molar-refractivity contribution in [1.29, 1.82) is 5.41 Å². The molecule has 28 heavy (non-hydrogen) atoms. The lowest BCUT2D eigenvalue weighted by Crippen LogP contribution is -2.35. The zero-order valence-corrected chi connectivity index (χ0v) is 17.4. The summed E-state index contributed by atoms with van der Waals surface area (Å²) in [6, 6.07) is 12.1. The molecule has 4 rings (SSSR count). The molecule has 2 aliphatic rings. The number of thioether (sulfide) groups is 2. The number of amides is 1. The lowest BCUT2D eigenvalue weighted by molar-refractivity contribution is -0.114. The van der Waals surface area contributed by atoms with Gasteiger partial charge in [-0.1, -0.05) is 36.9 Å². The zero-order valence-electron chi connectivity index (χ0n) is 15.8. The van der Waals surface area contributed by atoms with Gasteiger partial charge in [0.15, 0.2) is 10.2 Å². The van der Waals surface area contributed by atoms with Gasteiger partial charge in [0.05, 0.1) is 5.57 Å². The largest absolute Gasteiger partial charge is 0.318 e. The van der Waals surface area contributed by atoms with E-state index < -0.39 is 5.91 Å². The van der Waals surface area contributed by atoms with Gasteiger partial charge in [-0.15, -0.1) is 5.10 Å². The molecule has 0 saturated carbocycles. The highest BCUT2D eigenvalue weighted by Gasteiger charge is 2.35. The van der Waals surface area contributed by atoms with Gasteiger partial charge in [0.2, 0.25) is 5.17 Å². The Morgan fingerprint density at radius 1 is 1.25 bits per heavy atom. The molecule has 1 N–H and O–H groups in total. The number of hydrogen-bond acceptors (Lipinski definition) is 5. The Balaban J connectivity index is 1.73. The first-order valence-electron chi connectivity index (χ1n) is 8.87. The number of rotatable bonds is 3. The fourth-order valence-corrected chi connectivity index (χ4v) is 5.04. The topological polar surface area (TPSA) is 73.8 Å². The lowest BCUT2D eigenvalue weighted by atomic mass is 10.1. The first kappa shape index (κ1) is 18.8. The van der Waals surface area contributed by atoms with Gasteiger partial charge in [0.25, 0.3) is 5.91 Å². The molecule has 8 heteroatoms. The van der Waals surface area contributed by atoms with E-state index in [1.807, 2.05) is 57.2 Å². The van der Waals surface area contributed by atoms with Gasteiger partial charge in [-0.25, -0.2) is 0 Å². The molecule has 142 valence electrons. The van der Waals surface area contributed by atoms with Gasteiger partial charge in [0.1, 0.15) is 0 Å². The summed E-state index contributed by atoms with van der Waals surface area (Å²) in [6.07, 6.45) is 1.75. The van der Waals surface area contributed by atoms with Crippen LogP contribution in [0.2, 0.25) is 0 Å². The third kappa shape index (κ3) is 3.22. The standard InChI is InChI=1S/C20H19N5OS2/c1-4-27-20-23-25-17(21)16(18(26)22-19(25)28-20)11-14-10-12(2)24(13(14)3)15-8-6-5-7-9-15/h5-11,21H,4H2,1-3H3. The summed E-state index contributed by atoms with van der Waals surface area (Å²) in [5, 5.41) is 14.8. The van der Waals surface area contributed by atoms with Crippen LogP contribution in [-0.2, 0) is 4.79 Å². The summed E-state index contributed by atoms with van der Waals surface area (Å²) in [5.74, 6) is 0.549. The number of carbonyl (C=O) groups is 1. The second kappa shape index (κ2) is 7.44. The number of nitrogens with one attached hydrogen (secondary N) is 1. The highest BCUT2D eigenvalue weighted by atomic mass is 32.2. The van der Waals surface area contributed by atoms with E-state index in [0.717, 1.165) is 32.8 Å². The molecule has 0 bridgehead atoms. The van der Waals surface area contributed by atoms with Crippen molar-refractivity contribution in [1.82, 2.24) is 9.58 Å². The average Bonchev–Trinajstić information content (AvgIpc) is 3.20. The second-order valence-corrected chi connectivity index (χ2v) is 8.78. The highest BCUT2D eigenvalue weighted by molar-refractivity contribution is 8.45. The number of benzene rings is 1. The molecule has 1 amide bonds. The maximum atomic E-state index is 12.6. The SMILES string of the molecule is CCSC1=NN2C(=N)C(=Cc3cc(C)n(-c4ccccc4)c3C)C(=O)N=C2S1. The minimum Gasteiger partial charge on any atom is -0.318 e. The third-order valence-corrected chi connectivity index (χ3v) is 6.41. The smallest absolute Gasteiger partial charge is 0.283 e. The zero-order chi connectivity index (χ0) is 19.8. The number of aryl methyl sites for hydroxylation is 1. The number of hydrazone groups is 1. The minimum atomic E-state index is -0.397. The van der Waals surface area contributed by atoms with Crippen molar-refractivity contribution in [3.63, 3.8) is 0 Å². The summed E-state index contributed by atoms with van der Waals surface area (Å²) in [5.41, 5.74) is 4.28. The Kier molecular flexibility index (Phi) is 4.99. The van der Waals surface area contributed by atoms with E-state index in [1.165, 1.54) is 16.8 Å². The maximum Gasteiger partial charge on any atom is 0.283 e. The summed E-state index contributed by atoms with van der Waals surface area (Å²) in [6.45, 7) is 6.08. The van der Waals surface area contributed by atoms with E-state index in [1.54, 1.807) is 17.8 Å². The van der Waals surface area contributed by atoms with Crippen LogP contribution in [0.1, 0.15) is 23.9 Å². The summed E-state index contributed by atoms with van der Waals surface area (Å²) in [4.78, 5) is 16.7. The Hall–Kier alpha value is -2.58. The van der Waals surface area contributed by atoms with E-state index in [2.05, 4.69) is 14.7 Å². The summed E-state index contributed by atoms with van der Waals surface area (Å²) < 4.78 is 2.94. The Bertz CT molecular complexity index is 1070. The molecule has 0 unspecified atom stereocenters. The molecule has 0 spiro atoms. The van der Waals surface area contributed by atoms with Crippen LogP contribution in [0.3, 0.4) is 0 Å². The number of nitrogens with zero attached hydrogens (tertiary/aromatic N) is 4. The first-order chi connectivity index (χ1) is 13.5. The Labute approximate surface area is 171 Å². The average molecular weight is 410 g/mol. The van der Waals surface area contributed by atoms with Gasteiger partial charge >= 0.3 is 0 Å². The predicted octanol–water partition coefficient (Wildman–Crippen LogP) is 4.42. The van der Waals surface area contributed by atoms with E-state index in [9.17, 15) is 4.79 Å². The molecule has 0 atom stereocenters. The molecule has 0 fully saturated rings. The van der Waals surface area contributed by atoms with Crippen molar-refractivity contribution in [2.45, 2.75) is 20.8 Å². The van der Waals surface area contributed by atoms with Gasteiger partial charge in [-0.05, 0) is 61.2 Å². The number of carbonyl (C=O) groups excluding carboxylic acids is 1. The van der Waals surface area contributed by atoms with Crippen LogP contribution in [0.25, 0.3) is 11.8 Å². The van der Waals surface area contributed by atoms with E-state index in [0.29, 0.717) is 5.17 Å². The molecule has 0 aliphatic carbocycles. The number of para-hydroxylation sites is 1. The highest BCUT2D eigenvalue weighted by Crippen LogP contribution is 2.33. The molecule has 6 nitrogen and oxygen atoms in total. The van der Waals surface area contributed by atoms with Crippen LogP contribution in [-0.4, -0.2) is 36.6 Å². The fraction of sp³-hybridized carbons (Fsp3) is 0.200. The van der Waals surface area contributed by atoms with Gasteiger partial charge in [-0.2, -0.15) is 10.0 Å². The summed E-state index contributed by atoms with van der Waals surface area (Å²) in [7, 11) is 0. The number of fused-ring (bicyclic) bond motifs is 1. The molecule has 0 radical (unpaired) electrons. The minimum absolute atomic E-state index is 0.0683. The normalized spacial score (nSPS) is 17.8. The number of hydrogen-bond donors (Lipinski definition) is 1. The predicted molar refractivity (Wildman–Crippen MR) is 118 cm³/mol. The molecule has 1 aromatic carbocycles. The Morgan fingerprint density at radius 3 is 2.71 bits per heavy atom. The maximum absolute atomic E-state index is 12.6. The van der Waals surface area contributed by atoms with Crippen LogP contribution in [0.4, 0.5) is 0 Å². The Morgan fingerprint density at radius 2 is 2.00 bits per heavy atom. The van der Waals surface area contributed by atoms with Crippen LogP contribution in [0, 0.1) is 19.3 Å². The van der Waals surface area contributed by atoms with Crippen molar-refractivity contribution in [2.75, 3.05) is 5.75 Å². The monoisotopic (exact) mass is 409 g/mol. The van der Waals surface area contributed by atoms with Crippen LogP contribution in [0.5, 0.6) is 0 Å². The lowest BCUT2D eigenvalue weighted by Gasteiger charge is -2.20. The van der Waals surface area contributed by atoms with Gasteiger partial charge in [0, 0.05) is 17.1 Å². The van der Waals surface area contributed by atoms with Crippen molar-refractivity contribution >= 4 is 50.9 Å². The quantitative estimate of drug-likeness (QED) is 0.762. The fourth-order valence-electron chi connectivity index (χ4n) is 3.22. The van der Waals surface area contributed by atoms with Crippen LogP contribution >= 0.6 is 23.5 Å². The number of amidine groups is 2. The molecule has 0 saturated heterocycles. The molecule has 2 aliphatic heterocycles. The molecular formula is C20H19N5OS2. The van der Waals surface area contributed by atoms with E-state index in [-0.39, 0.29) is 11.4 Å². The van der Waals surface area contributed by atoms with Crippen molar-refractivity contribution < 1.29 is 4.79 Å². The second-order valence-electron chi connectivity index (χ2n) is 6.32. The third-order valence-electron chi connectivity index (χ3n) is 4.49. The molecule has 3 heterocycles. The van der Waals surface area contributed by atoms with Gasteiger partial charge < -0.3 is 4.57 Å². The molecule has 2 aromatic rings. The first-order valence-corrected chi connectivity index (χ1v) is 10.7. The van der Waals surface area contributed by atoms with E-state index >= 15 is 0 Å². The number of aromatic nitrogens is 1. The van der Waals surface area contributed by atoms with Crippen LogP contribution in [0.15, 0.2) is 52.1 Å².